The van der Waals surface area contributed by atoms with Gasteiger partial charge in [0.15, 0.2) is 23.3 Å². The summed E-state index contributed by atoms with van der Waals surface area (Å²) in [6.07, 6.45) is 2.18. The fourth-order valence-corrected chi connectivity index (χ4v) is 4.00. The minimum atomic E-state index is -0.906. The van der Waals surface area contributed by atoms with E-state index in [9.17, 15) is 8.78 Å². The first-order valence-corrected chi connectivity index (χ1v) is 10.6. The molecular formula is C22H22ClF2N5. The van der Waals surface area contributed by atoms with Gasteiger partial charge in [0.1, 0.15) is 0 Å². The molecule has 156 valence electrons. The molecule has 1 aromatic heterocycles. The number of fused-ring (bicyclic) bond motifs is 1. The summed E-state index contributed by atoms with van der Waals surface area (Å²) in [7, 11) is 0. The molecule has 1 aliphatic carbocycles. The van der Waals surface area contributed by atoms with Gasteiger partial charge in [0, 0.05) is 55.9 Å². The molecule has 0 unspecified atom stereocenters. The Labute approximate surface area is 178 Å². The summed E-state index contributed by atoms with van der Waals surface area (Å²) in [5.41, 5.74) is 1.92. The van der Waals surface area contributed by atoms with E-state index in [0.717, 1.165) is 62.7 Å². The molecule has 1 N–H and O–H groups in total. The van der Waals surface area contributed by atoms with Crippen molar-refractivity contribution in [3.05, 3.63) is 58.6 Å². The Kier molecular flexibility index (Phi) is 5.16. The Balaban J connectivity index is 1.36. The Hall–Kier alpha value is -2.51. The quantitative estimate of drug-likeness (QED) is 0.648. The van der Waals surface area contributed by atoms with Crippen LogP contribution < -0.4 is 10.2 Å². The van der Waals surface area contributed by atoms with Crippen LogP contribution in [-0.2, 0) is 6.54 Å². The first-order valence-electron chi connectivity index (χ1n) is 10.2. The van der Waals surface area contributed by atoms with Gasteiger partial charge in [-0.3, -0.25) is 4.90 Å². The Bertz CT molecular complexity index is 1080. The molecule has 0 bridgehead atoms. The summed E-state index contributed by atoms with van der Waals surface area (Å²) >= 11 is 6.10. The number of rotatable bonds is 5. The molecule has 0 amide bonds. The van der Waals surface area contributed by atoms with Gasteiger partial charge in [-0.05, 0) is 30.5 Å². The number of nitrogens with zero attached hydrogens (tertiary/aromatic N) is 4. The third-order valence-electron chi connectivity index (χ3n) is 5.57. The number of hydrogen-bond donors (Lipinski definition) is 1. The molecule has 1 aliphatic heterocycles. The van der Waals surface area contributed by atoms with E-state index >= 15 is 0 Å². The van der Waals surface area contributed by atoms with Gasteiger partial charge in [-0.1, -0.05) is 23.7 Å². The van der Waals surface area contributed by atoms with Crippen LogP contribution in [-0.4, -0.2) is 47.1 Å². The van der Waals surface area contributed by atoms with E-state index in [1.807, 2.05) is 18.2 Å². The molecule has 2 aromatic carbocycles. The number of hydrogen-bond acceptors (Lipinski definition) is 5. The summed E-state index contributed by atoms with van der Waals surface area (Å²) < 4.78 is 27.4. The van der Waals surface area contributed by atoms with Crippen molar-refractivity contribution in [1.82, 2.24) is 14.9 Å². The van der Waals surface area contributed by atoms with Crippen molar-refractivity contribution in [3.63, 3.8) is 0 Å². The van der Waals surface area contributed by atoms with Crippen molar-refractivity contribution in [2.24, 2.45) is 0 Å². The second-order valence-corrected chi connectivity index (χ2v) is 8.40. The Morgan fingerprint density at radius 1 is 0.967 bits per heavy atom. The maximum Gasteiger partial charge on any atom is 0.172 e. The summed E-state index contributed by atoms with van der Waals surface area (Å²) in [6, 6.07) is 10.5. The normalized spacial score (nSPS) is 17.5. The van der Waals surface area contributed by atoms with E-state index in [-0.39, 0.29) is 0 Å². The van der Waals surface area contributed by atoms with Crippen molar-refractivity contribution in [2.45, 2.75) is 25.4 Å². The smallest absolute Gasteiger partial charge is 0.172 e. The van der Waals surface area contributed by atoms with Crippen LogP contribution in [0.5, 0.6) is 0 Å². The SMILES string of the molecule is Fc1cc2nc(NC3CC3)c(N3CCN(Cc4cccc(Cl)c4)CC3)nc2cc1F. The van der Waals surface area contributed by atoms with E-state index in [1.54, 1.807) is 0 Å². The molecule has 30 heavy (non-hydrogen) atoms. The maximum atomic E-state index is 13.7. The average Bonchev–Trinajstić information content (AvgIpc) is 3.54. The first kappa shape index (κ1) is 19.5. The van der Waals surface area contributed by atoms with Crippen molar-refractivity contribution in [2.75, 3.05) is 36.4 Å². The van der Waals surface area contributed by atoms with Gasteiger partial charge in [0.25, 0.3) is 0 Å². The number of piperazine rings is 1. The number of benzene rings is 2. The van der Waals surface area contributed by atoms with Crippen LogP contribution in [0.3, 0.4) is 0 Å². The lowest BCUT2D eigenvalue weighted by atomic mass is 10.2. The third-order valence-corrected chi connectivity index (χ3v) is 5.81. The van der Waals surface area contributed by atoms with Crippen molar-refractivity contribution >= 4 is 34.3 Å². The van der Waals surface area contributed by atoms with Crippen molar-refractivity contribution in [1.29, 1.82) is 0 Å². The number of aromatic nitrogens is 2. The molecule has 8 heteroatoms. The molecule has 3 aromatic rings. The fourth-order valence-electron chi connectivity index (χ4n) is 3.79. The molecule has 0 spiro atoms. The lowest BCUT2D eigenvalue weighted by molar-refractivity contribution is 0.249. The zero-order valence-electron chi connectivity index (χ0n) is 16.4. The molecule has 0 radical (unpaired) electrons. The van der Waals surface area contributed by atoms with Gasteiger partial charge in [-0.15, -0.1) is 0 Å². The average molecular weight is 430 g/mol. The van der Waals surface area contributed by atoms with Crippen LogP contribution >= 0.6 is 11.6 Å². The van der Waals surface area contributed by atoms with Gasteiger partial charge in [0.2, 0.25) is 0 Å². The molecular weight excluding hydrogens is 408 g/mol. The second kappa shape index (κ2) is 7.96. The monoisotopic (exact) mass is 429 g/mol. The zero-order valence-corrected chi connectivity index (χ0v) is 17.2. The van der Waals surface area contributed by atoms with E-state index in [0.29, 0.717) is 28.7 Å². The van der Waals surface area contributed by atoms with E-state index in [2.05, 4.69) is 31.2 Å². The molecule has 2 aliphatic rings. The van der Waals surface area contributed by atoms with Crippen molar-refractivity contribution < 1.29 is 8.78 Å². The Morgan fingerprint density at radius 2 is 1.67 bits per heavy atom. The van der Waals surface area contributed by atoms with Crippen LogP contribution in [0, 0.1) is 11.6 Å². The predicted octanol–water partition coefficient (Wildman–Crippen LogP) is 4.46. The second-order valence-electron chi connectivity index (χ2n) is 7.96. The summed E-state index contributed by atoms with van der Waals surface area (Å²) in [5, 5.41) is 4.15. The zero-order chi connectivity index (χ0) is 20.7. The third kappa shape index (κ3) is 4.18. The highest BCUT2D eigenvalue weighted by molar-refractivity contribution is 6.30. The summed E-state index contributed by atoms with van der Waals surface area (Å²) in [4.78, 5) is 13.8. The molecule has 1 saturated carbocycles. The summed E-state index contributed by atoms with van der Waals surface area (Å²) in [6.45, 7) is 4.14. The maximum absolute atomic E-state index is 13.7. The van der Waals surface area contributed by atoms with Crippen molar-refractivity contribution in [3.8, 4) is 0 Å². The van der Waals surface area contributed by atoms with Crippen LogP contribution in [0.15, 0.2) is 36.4 Å². The number of anilines is 2. The van der Waals surface area contributed by atoms with Gasteiger partial charge >= 0.3 is 0 Å². The minimum absolute atomic E-state index is 0.361. The molecule has 2 heterocycles. The van der Waals surface area contributed by atoms with Crippen LogP contribution in [0.1, 0.15) is 18.4 Å². The number of nitrogens with one attached hydrogen (secondary N) is 1. The van der Waals surface area contributed by atoms with Crippen LogP contribution in [0.25, 0.3) is 11.0 Å². The molecule has 5 rings (SSSR count). The highest BCUT2D eigenvalue weighted by Gasteiger charge is 2.27. The molecule has 1 saturated heterocycles. The fraction of sp³-hybridized carbons (Fsp3) is 0.364. The largest absolute Gasteiger partial charge is 0.364 e. The Morgan fingerprint density at radius 3 is 2.33 bits per heavy atom. The molecule has 2 fully saturated rings. The highest BCUT2D eigenvalue weighted by Crippen LogP contribution is 2.32. The molecule has 5 nitrogen and oxygen atoms in total. The van der Waals surface area contributed by atoms with Gasteiger partial charge in [-0.25, -0.2) is 18.7 Å². The predicted molar refractivity (Wildman–Crippen MR) is 115 cm³/mol. The van der Waals surface area contributed by atoms with Crippen LogP contribution in [0.2, 0.25) is 5.02 Å². The van der Waals surface area contributed by atoms with E-state index in [4.69, 9.17) is 11.6 Å². The van der Waals surface area contributed by atoms with E-state index < -0.39 is 11.6 Å². The van der Waals surface area contributed by atoms with Gasteiger partial charge in [0.05, 0.1) is 11.0 Å². The molecule has 0 atom stereocenters. The van der Waals surface area contributed by atoms with Gasteiger partial charge < -0.3 is 10.2 Å². The topological polar surface area (TPSA) is 44.3 Å². The lowest BCUT2D eigenvalue weighted by Gasteiger charge is -2.36. The minimum Gasteiger partial charge on any atom is -0.364 e. The van der Waals surface area contributed by atoms with Gasteiger partial charge in [-0.2, -0.15) is 0 Å². The van der Waals surface area contributed by atoms with E-state index in [1.165, 1.54) is 5.56 Å². The number of halogens is 3. The highest BCUT2D eigenvalue weighted by atomic mass is 35.5. The summed E-state index contributed by atoms with van der Waals surface area (Å²) in [5.74, 6) is -0.448. The first-order chi connectivity index (χ1) is 14.5. The standard InChI is InChI=1S/C22H22ClF2N5/c23-15-3-1-2-14(10-15)13-29-6-8-30(9-7-29)22-21(26-16-4-5-16)27-19-11-17(24)18(25)12-20(19)28-22/h1-3,10-12,16H,4-9,13H2,(H,26,27). The lowest BCUT2D eigenvalue weighted by Crippen LogP contribution is -2.46. The van der Waals surface area contributed by atoms with Crippen LogP contribution in [0.4, 0.5) is 20.4 Å².